The summed E-state index contributed by atoms with van der Waals surface area (Å²) in [5, 5.41) is 48.1. The zero-order valence-corrected chi connectivity index (χ0v) is 44.7. The summed E-state index contributed by atoms with van der Waals surface area (Å²) in [6.07, 6.45) is 1.93. The number of guanidine groups is 2. The van der Waals surface area contributed by atoms with Crippen molar-refractivity contribution < 1.29 is 47.9 Å². The minimum Gasteiger partial charge on any atom is -0.370 e. The summed E-state index contributed by atoms with van der Waals surface area (Å²) in [5.41, 5.74) is 18.7. The van der Waals surface area contributed by atoms with E-state index in [1.165, 1.54) is 6.92 Å². The molecule has 2 fully saturated rings. The third kappa shape index (κ3) is 20.5. The molecule has 3 aromatic rings. The molecule has 0 radical (unpaired) electrons. The highest BCUT2D eigenvalue weighted by atomic mass is 16.2. The lowest BCUT2D eigenvalue weighted by Crippen LogP contribution is -2.62. The molecule has 28 heteroatoms. The van der Waals surface area contributed by atoms with Crippen molar-refractivity contribution in [3.8, 4) is 0 Å². The molecule has 80 heavy (non-hydrogen) atoms. The van der Waals surface area contributed by atoms with Crippen LogP contribution >= 0.6 is 0 Å². The van der Waals surface area contributed by atoms with Crippen LogP contribution in [0, 0.1) is 16.7 Å². The maximum Gasteiger partial charge on any atom is 0.245 e. The molecule has 1 aromatic heterocycles. The number of fused-ring (bicyclic) bond motifs is 1. The largest absolute Gasteiger partial charge is 0.370 e. The average molecular weight is 1110 g/mol. The predicted octanol–water partition coefficient (Wildman–Crippen LogP) is -4.21. The van der Waals surface area contributed by atoms with Gasteiger partial charge in [0, 0.05) is 69.6 Å². The zero-order valence-electron chi connectivity index (χ0n) is 44.7. The maximum absolute atomic E-state index is 14.8. The lowest BCUT2D eigenvalue weighted by molar-refractivity contribution is -0.136. The third-order valence-electron chi connectivity index (χ3n) is 13.4. The standard InChI is InChI=1S/C52H76N18O10/c1-29(71)64-36(16-9-20-60-51(54)55)45(75)69-40-25-42(72)59-19-8-7-15-35(43(53)73)65-48(78)39(24-32-27-62-34-14-6-5-13-33(32)34)68-46(76)37(17-10-21-61-52(56)57)66-47(77)38(23-30-11-3-2-4-12-30)67-50(80)41(70-49(40)79)28-63-44(74)31-18-22-58-26-31/h2-6,11-14,27,31,35-41,58,62H,7-10,15-26,28H2,1H3,(H2,53,73)(H,59,72)(H,63,74)(H,64,71)(H,65,78)(H,66,77)(H,67,80)(H,68,76)(H,69,75)(H,70,79)(H4,54,55,60)(H4,56,57,61)/t31-,35-,36-,37-,38+,39-,40?,41-/m0/s1. The van der Waals surface area contributed by atoms with Crippen LogP contribution in [-0.2, 0) is 60.8 Å². The summed E-state index contributed by atoms with van der Waals surface area (Å²) < 4.78 is 0. The number of aromatic nitrogens is 1. The SMILES string of the molecule is CC(=O)N[C@@H](CCCNC(=N)N)C(=O)NC1CC(=O)NCCCC[C@@H](C(N)=O)NC(=O)[C@H](Cc2c[nH]c3ccccc23)NC(=O)[C@H](CCCNC(=N)N)NC(=O)[C@@H](Cc2ccccc2)NC(=O)[C@H](CNC(=O)[C@H]2CCNC2)NC1=O. The van der Waals surface area contributed by atoms with Crippen molar-refractivity contribution in [2.75, 3.05) is 39.3 Å². The first-order chi connectivity index (χ1) is 38.3. The van der Waals surface area contributed by atoms with Gasteiger partial charge in [-0.1, -0.05) is 48.5 Å². The molecule has 2 aliphatic heterocycles. The van der Waals surface area contributed by atoms with Gasteiger partial charge in [-0.3, -0.25) is 58.8 Å². The molecule has 2 aromatic carbocycles. The van der Waals surface area contributed by atoms with E-state index in [1.807, 2.05) is 18.2 Å². The van der Waals surface area contributed by atoms with Gasteiger partial charge in [0.2, 0.25) is 59.1 Å². The Kier molecular flexibility index (Phi) is 24.5. The molecule has 5 rings (SSSR count). The van der Waals surface area contributed by atoms with Crippen LogP contribution in [0.3, 0.4) is 0 Å². The molecule has 2 saturated heterocycles. The summed E-state index contributed by atoms with van der Waals surface area (Å²) in [5.74, 6) is -9.24. The summed E-state index contributed by atoms with van der Waals surface area (Å²) in [4.78, 5) is 142. The van der Waals surface area contributed by atoms with E-state index in [0.29, 0.717) is 30.6 Å². The molecule has 21 N–H and O–H groups in total. The number of carbonyl (C=O) groups excluding carboxylic acids is 10. The van der Waals surface area contributed by atoms with Crippen molar-refractivity contribution in [1.29, 1.82) is 10.8 Å². The lowest BCUT2D eigenvalue weighted by Gasteiger charge is -2.28. The molecule has 8 atom stereocenters. The van der Waals surface area contributed by atoms with Gasteiger partial charge in [-0.05, 0) is 75.1 Å². The molecule has 10 amide bonds. The van der Waals surface area contributed by atoms with E-state index in [9.17, 15) is 47.9 Å². The number of amides is 10. The van der Waals surface area contributed by atoms with E-state index in [0.717, 1.165) is 10.9 Å². The summed E-state index contributed by atoms with van der Waals surface area (Å²) in [7, 11) is 0. The summed E-state index contributed by atoms with van der Waals surface area (Å²) in [6, 6.07) is 5.66. The normalized spacial score (nSPS) is 22.3. The minimum atomic E-state index is -1.72. The molecule has 0 saturated carbocycles. The van der Waals surface area contributed by atoms with Gasteiger partial charge in [0.15, 0.2) is 11.9 Å². The Morgan fingerprint density at radius 3 is 1.99 bits per heavy atom. The molecule has 3 heterocycles. The second kappa shape index (κ2) is 31.5. The Hall–Kier alpha value is -8.82. The molecule has 0 bridgehead atoms. The Labute approximate surface area is 462 Å². The maximum atomic E-state index is 14.8. The van der Waals surface area contributed by atoms with Gasteiger partial charge in [0.05, 0.1) is 12.3 Å². The molecule has 0 aliphatic carbocycles. The van der Waals surface area contributed by atoms with Gasteiger partial charge >= 0.3 is 0 Å². The average Bonchev–Trinajstić information content (AvgIpc) is 4.15. The van der Waals surface area contributed by atoms with Crippen LogP contribution in [0.25, 0.3) is 10.9 Å². The van der Waals surface area contributed by atoms with Crippen molar-refractivity contribution >= 4 is 81.9 Å². The Morgan fingerprint density at radius 2 is 1.31 bits per heavy atom. The number of H-pyrrole nitrogens is 1. The summed E-state index contributed by atoms with van der Waals surface area (Å²) in [6.45, 7) is 1.78. The van der Waals surface area contributed by atoms with E-state index < -0.39 is 120 Å². The van der Waals surface area contributed by atoms with Crippen LogP contribution in [0.15, 0.2) is 60.8 Å². The van der Waals surface area contributed by atoms with Gasteiger partial charge < -0.3 is 86.0 Å². The van der Waals surface area contributed by atoms with E-state index in [-0.39, 0.29) is 89.3 Å². The van der Waals surface area contributed by atoms with E-state index in [1.54, 1.807) is 42.6 Å². The number of para-hydroxylation sites is 1. The molecular weight excluding hydrogens is 1040 g/mol. The van der Waals surface area contributed by atoms with Crippen molar-refractivity contribution in [1.82, 2.24) is 68.8 Å². The van der Waals surface area contributed by atoms with Crippen LogP contribution in [0.1, 0.15) is 75.8 Å². The second-order valence-electron chi connectivity index (χ2n) is 19.7. The van der Waals surface area contributed by atoms with Gasteiger partial charge in [-0.25, -0.2) is 0 Å². The number of carbonyl (C=O) groups is 10. The minimum absolute atomic E-state index is 0.000493. The van der Waals surface area contributed by atoms with Crippen molar-refractivity contribution in [2.24, 2.45) is 23.1 Å². The monoisotopic (exact) mass is 1110 g/mol. The van der Waals surface area contributed by atoms with Crippen LogP contribution < -0.4 is 81.0 Å². The number of primary amides is 1. The molecular formula is C52H76N18O10. The molecule has 1 unspecified atom stereocenters. The van der Waals surface area contributed by atoms with Crippen LogP contribution in [0.5, 0.6) is 0 Å². The van der Waals surface area contributed by atoms with E-state index in [2.05, 4.69) is 68.8 Å². The van der Waals surface area contributed by atoms with Crippen LogP contribution in [0.4, 0.5) is 0 Å². The Bertz CT molecular complexity index is 2680. The number of aromatic amines is 1. The van der Waals surface area contributed by atoms with Crippen molar-refractivity contribution in [3.63, 3.8) is 0 Å². The fourth-order valence-corrected chi connectivity index (χ4v) is 9.15. The Morgan fingerprint density at radius 1 is 0.688 bits per heavy atom. The second-order valence-corrected chi connectivity index (χ2v) is 19.7. The first-order valence-corrected chi connectivity index (χ1v) is 26.7. The highest BCUT2D eigenvalue weighted by molar-refractivity contribution is 5.99. The fourth-order valence-electron chi connectivity index (χ4n) is 9.15. The van der Waals surface area contributed by atoms with Crippen molar-refractivity contribution in [3.05, 3.63) is 71.9 Å². The van der Waals surface area contributed by atoms with Gasteiger partial charge in [0.1, 0.15) is 42.3 Å². The molecule has 0 spiro atoms. The topological polar surface area (TPSA) is 457 Å². The first kappa shape index (κ1) is 62.0. The zero-order chi connectivity index (χ0) is 58.1. The number of nitrogens with one attached hydrogen (secondary N) is 15. The van der Waals surface area contributed by atoms with E-state index in [4.69, 9.17) is 28.0 Å². The lowest BCUT2D eigenvalue weighted by atomic mass is 10.0. The van der Waals surface area contributed by atoms with Gasteiger partial charge in [-0.15, -0.1) is 0 Å². The first-order valence-electron chi connectivity index (χ1n) is 26.7. The third-order valence-corrected chi connectivity index (χ3v) is 13.4. The molecule has 2 aliphatic rings. The van der Waals surface area contributed by atoms with Gasteiger partial charge in [0.25, 0.3) is 0 Å². The fraction of sp³-hybridized carbons (Fsp3) is 0.500. The smallest absolute Gasteiger partial charge is 0.245 e. The number of hydrogen-bond donors (Lipinski definition) is 18. The van der Waals surface area contributed by atoms with Gasteiger partial charge in [-0.2, -0.15) is 0 Å². The van der Waals surface area contributed by atoms with Crippen LogP contribution in [-0.4, -0.2) is 158 Å². The predicted molar refractivity (Wildman–Crippen MR) is 294 cm³/mol. The summed E-state index contributed by atoms with van der Waals surface area (Å²) >= 11 is 0. The highest BCUT2D eigenvalue weighted by Gasteiger charge is 2.36. The number of benzene rings is 2. The number of rotatable bonds is 19. The molecule has 434 valence electrons. The van der Waals surface area contributed by atoms with Crippen LogP contribution in [0.2, 0.25) is 0 Å². The quantitative estimate of drug-likeness (QED) is 0.0308. The molecule has 28 nitrogen and oxygen atoms in total. The van der Waals surface area contributed by atoms with E-state index >= 15 is 0 Å². The van der Waals surface area contributed by atoms with Crippen molar-refractivity contribution in [2.45, 2.75) is 120 Å². The number of nitrogens with two attached hydrogens (primary N) is 3. The highest BCUT2D eigenvalue weighted by Crippen LogP contribution is 2.20. The Balaban J connectivity index is 1.55. The number of hydrogen-bond acceptors (Lipinski definition) is 13.